The first kappa shape index (κ1) is 21.0. The van der Waals surface area contributed by atoms with Gasteiger partial charge in [0.25, 0.3) is 0 Å². The average Bonchev–Trinajstić information content (AvgIpc) is 2.59. The Morgan fingerprint density at radius 2 is 1.20 bits per heavy atom. The summed E-state index contributed by atoms with van der Waals surface area (Å²) in [5, 5.41) is 20.6. The molecule has 0 fully saturated rings. The Labute approximate surface area is 149 Å². The van der Waals surface area contributed by atoms with Crippen molar-refractivity contribution < 1.29 is 9.85 Å². The van der Waals surface area contributed by atoms with Crippen LogP contribution in [0.2, 0.25) is 0 Å². The van der Waals surface area contributed by atoms with Gasteiger partial charge in [-0.15, -0.1) is 0 Å². The second kappa shape index (κ2) is 13.3. The van der Waals surface area contributed by atoms with Gasteiger partial charge in [0.05, 0.1) is 0 Å². The Bertz CT molecular complexity index is 470. The van der Waals surface area contributed by atoms with Gasteiger partial charge in [0, 0.05) is 35.1 Å². The van der Waals surface area contributed by atoms with E-state index in [1.165, 1.54) is 5.56 Å². The van der Waals surface area contributed by atoms with Gasteiger partial charge in [0.15, 0.2) is 0 Å². The van der Waals surface area contributed by atoms with E-state index in [0.717, 1.165) is 51.4 Å². The second-order valence-electron chi connectivity index (χ2n) is 6.50. The van der Waals surface area contributed by atoms with Gasteiger partial charge in [-0.3, -0.25) is 25.2 Å². The largest absolute Gasteiger partial charge is 0.265 e. The molecule has 25 heavy (non-hydrogen) atoms. The molecule has 0 saturated carbocycles. The second-order valence-corrected chi connectivity index (χ2v) is 6.50. The van der Waals surface area contributed by atoms with E-state index in [9.17, 15) is 20.2 Å². The average molecular weight is 351 g/mol. The maximum absolute atomic E-state index is 10.3. The molecule has 0 aliphatic heterocycles. The summed E-state index contributed by atoms with van der Waals surface area (Å²) in [6, 6.07) is 4.12. The Morgan fingerprint density at radius 3 is 1.64 bits per heavy atom. The van der Waals surface area contributed by atoms with Gasteiger partial charge in [-0.05, 0) is 49.3 Å². The normalized spacial score (nSPS) is 10.9. The van der Waals surface area contributed by atoms with E-state index in [0.29, 0.717) is 18.8 Å². The first-order valence-corrected chi connectivity index (χ1v) is 9.23. The topological polar surface area (TPSA) is 99.2 Å². The molecule has 0 amide bonds. The van der Waals surface area contributed by atoms with Crippen LogP contribution in [0.15, 0.2) is 24.5 Å². The summed E-state index contributed by atoms with van der Waals surface area (Å²) in [6.07, 6.45) is 13.1. The first-order valence-electron chi connectivity index (χ1n) is 9.23. The number of nitro groups is 2. The van der Waals surface area contributed by atoms with Crippen LogP contribution in [0.3, 0.4) is 0 Å². The van der Waals surface area contributed by atoms with E-state index < -0.39 is 0 Å². The molecule has 0 aliphatic rings. The highest BCUT2D eigenvalue weighted by Gasteiger charge is 2.11. The minimum absolute atomic E-state index is 0.0674. The number of aromatic nitrogens is 1. The number of rotatable bonds is 15. The van der Waals surface area contributed by atoms with Crippen molar-refractivity contribution in [1.82, 2.24) is 4.98 Å². The molecule has 0 N–H and O–H groups in total. The summed E-state index contributed by atoms with van der Waals surface area (Å²) in [5.74, 6) is 0.481. The van der Waals surface area contributed by atoms with Crippen molar-refractivity contribution in [3.05, 3.63) is 50.3 Å². The molecule has 1 aromatic rings. The predicted molar refractivity (Wildman–Crippen MR) is 96.9 cm³/mol. The third-order valence-corrected chi connectivity index (χ3v) is 4.46. The zero-order chi connectivity index (χ0) is 18.3. The molecule has 1 heterocycles. The van der Waals surface area contributed by atoms with Crippen molar-refractivity contribution >= 4 is 0 Å². The smallest absolute Gasteiger partial charge is 0.203 e. The first-order chi connectivity index (χ1) is 12.1. The molecule has 0 bridgehead atoms. The predicted octanol–water partition coefficient (Wildman–Crippen LogP) is 4.62. The summed E-state index contributed by atoms with van der Waals surface area (Å²) in [5.41, 5.74) is 1.30. The SMILES string of the molecule is O=[N+]([O-])CCCCCCC(CCCCCC[N+](=O)[O-])c1ccncc1. The van der Waals surface area contributed by atoms with Gasteiger partial charge in [-0.1, -0.05) is 25.7 Å². The molecule has 1 rings (SSSR count). The van der Waals surface area contributed by atoms with Gasteiger partial charge in [-0.25, -0.2) is 0 Å². The monoisotopic (exact) mass is 351 g/mol. The molecule has 0 atom stereocenters. The van der Waals surface area contributed by atoms with Crippen molar-refractivity contribution in [3.63, 3.8) is 0 Å². The van der Waals surface area contributed by atoms with Gasteiger partial charge in [-0.2, -0.15) is 0 Å². The van der Waals surface area contributed by atoms with Crippen LogP contribution in [0.4, 0.5) is 0 Å². The van der Waals surface area contributed by atoms with Crippen LogP contribution in [-0.4, -0.2) is 27.9 Å². The Balaban J connectivity index is 2.28. The Morgan fingerprint density at radius 1 is 0.760 bits per heavy atom. The van der Waals surface area contributed by atoms with Gasteiger partial charge in [0.2, 0.25) is 13.1 Å². The number of pyridine rings is 1. The minimum Gasteiger partial charge on any atom is -0.265 e. The Hall–Kier alpha value is -2.05. The molecular weight excluding hydrogens is 322 g/mol. The van der Waals surface area contributed by atoms with E-state index in [2.05, 4.69) is 17.1 Å². The molecule has 7 heteroatoms. The number of hydrogen-bond donors (Lipinski definition) is 0. The Kier molecular flexibility index (Phi) is 11.1. The lowest BCUT2D eigenvalue weighted by Crippen LogP contribution is -2.02. The summed E-state index contributed by atoms with van der Waals surface area (Å²) in [6.45, 7) is 0.135. The van der Waals surface area contributed by atoms with Crippen LogP contribution in [0.25, 0.3) is 0 Å². The van der Waals surface area contributed by atoms with E-state index in [4.69, 9.17) is 0 Å². The molecule has 0 aliphatic carbocycles. The van der Waals surface area contributed by atoms with E-state index in [1.54, 1.807) is 0 Å². The quantitative estimate of drug-likeness (QED) is 0.261. The summed E-state index contributed by atoms with van der Waals surface area (Å²) in [7, 11) is 0. The zero-order valence-electron chi connectivity index (χ0n) is 14.8. The fraction of sp³-hybridized carbons (Fsp3) is 0.722. The van der Waals surface area contributed by atoms with Crippen LogP contribution in [0, 0.1) is 20.2 Å². The molecule has 1 aromatic heterocycles. The minimum atomic E-state index is -0.251. The van der Waals surface area contributed by atoms with E-state index >= 15 is 0 Å². The van der Waals surface area contributed by atoms with Gasteiger partial charge >= 0.3 is 0 Å². The summed E-state index contributed by atoms with van der Waals surface area (Å²) < 4.78 is 0. The van der Waals surface area contributed by atoms with Crippen LogP contribution in [0.5, 0.6) is 0 Å². The molecule has 0 spiro atoms. The maximum atomic E-state index is 10.3. The fourth-order valence-corrected chi connectivity index (χ4v) is 3.08. The lowest BCUT2D eigenvalue weighted by atomic mass is 9.89. The van der Waals surface area contributed by atoms with Crippen molar-refractivity contribution in [1.29, 1.82) is 0 Å². The highest BCUT2D eigenvalue weighted by Crippen LogP contribution is 2.28. The summed E-state index contributed by atoms with van der Waals surface area (Å²) in [4.78, 5) is 24.2. The molecular formula is C18H29N3O4. The standard InChI is InChI=1S/C18H29N3O4/c22-20(23)15-7-3-1-5-9-17(18-11-13-19-14-12-18)10-6-2-4-8-16-21(24)25/h11-14,17H,1-10,15-16H2. The molecule has 0 aromatic carbocycles. The molecule has 7 nitrogen and oxygen atoms in total. The van der Waals surface area contributed by atoms with Crippen molar-refractivity contribution in [2.75, 3.05) is 13.1 Å². The van der Waals surface area contributed by atoms with Crippen molar-refractivity contribution in [3.8, 4) is 0 Å². The lowest BCUT2D eigenvalue weighted by molar-refractivity contribution is -0.480. The van der Waals surface area contributed by atoms with Crippen molar-refractivity contribution in [2.45, 2.75) is 70.1 Å². The number of unbranched alkanes of at least 4 members (excludes halogenated alkanes) is 6. The maximum Gasteiger partial charge on any atom is 0.203 e. The van der Waals surface area contributed by atoms with Crippen LogP contribution in [-0.2, 0) is 0 Å². The van der Waals surface area contributed by atoms with Crippen LogP contribution in [0.1, 0.15) is 75.7 Å². The number of hydrogen-bond acceptors (Lipinski definition) is 5. The number of nitrogens with zero attached hydrogens (tertiary/aromatic N) is 3. The lowest BCUT2D eigenvalue weighted by Gasteiger charge is -2.17. The van der Waals surface area contributed by atoms with E-state index in [1.807, 2.05) is 12.4 Å². The fourth-order valence-electron chi connectivity index (χ4n) is 3.08. The van der Waals surface area contributed by atoms with Gasteiger partial charge in [0.1, 0.15) is 0 Å². The third-order valence-electron chi connectivity index (χ3n) is 4.46. The highest BCUT2D eigenvalue weighted by atomic mass is 16.6. The van der Waals surface area contributed by atoms with Crippen LogP contribution >= 0.6 is 0 Å². The van der Waals surface area contributed by atoms with Gasteiger partial charge < -0.3 is 0 Å². The summed E-state index contributed by atoms with van der Waals surface area (Å²) >= 11 is 0. The van der Waals surface area contributed by atoms with Crippen LogP contribution < -0.4 is 0 Å². The molecule has 0 saturated heterocycles. The molecule has 140 valence electrons. The highest BCUT2D eigenvalue weighted by molar-refractivity contribution is 5.15. The van der Waals surface area contributed by atoms with E-state index in [-0.39, 0.29) is 22.9 Å². The molecule has 0 unspecified atom stereocenters. The molecule has 0 radical (unpaired) electrons. The zero-order valence-corrected chi connectivity index (χ0v) is 14.8. The van der Waals surface area contributed by atoms with Crippen molar-refractivity contribution in [2.24, 2.45) is 0 Å². The third kappa shape index (κ3) is 11.2.